The molecule has 2 aromatic rings. The van der Waals surface area contributed by atoms with Crippen LogP contribution in [0.5, 0.6) is 11.5 Å². The molecule has 0 saturated carbocycles. The van der Waals surface area contributed by atoms with Gasteiger partial charge in [-0.05, 0) is 24.8 Å². The van der Waals surface area contributed by atoms with Crippen LogP contribution in [0.4, 0.5) is 0 Å². The van der Waals surface area contributed by atoms with Crippen LogP contribution in [0.1, 0.15) is 87.7 Å². The second-order valence-electron chi connectivity index (χ2n) is 10.9. The molecule has 39 heavy (non-hydrogen) atoms. The Labute approximate surface area is 225 Å². The molecule has 0 amide bonds. The number of carbonyl (C=O) groups is 2. The van der Waals surface area contributed by atoms with Crippen LogP contribution in [-0.2, 0) is 27.2 Å². The van der Waals surface area contributed by atoms with Gasteiger partial charge in [-0.15, -0.1) is 0 Å². The Morgan fingerprint density at radius 1 is 1.08 bits per heavy atom. The van der Waals surface area contributed by atoms with E-state index in [1.807, 2.05) is 6.92 Å². The van der Waals surface area contributed by atoms with Crippen molar-refractivity contribution in [1.82, 2.24) is 0 Å². The number of fused-ring (bicyclic) bond motifs is 3. The number of carbonyl (C=O) groups excluding carboxylic acids is 2. The Bertz CT molecular complexity index is 1310. The number of ketones is 2. The van der Waals surface area contributed by atoms with Gasteiger partial charge in [-0.2, -0.15) is 0 Å². The minimum Gasteiger partial charge on any atom is -0.507 e. The van der Waals surface area contributed by atoms with E-state index in [0.717, 1.165) is 0 Å². The zero-order chi connectivity index (χ0) is 28.2. The SMILES string of the molecule is COCC[C@]1(O)Cc2c(O)c3c(c(O)c2[C@@H](O[C@H]2C[C@H](C)[C@@H](O)C(C)O2)C1)C(=O)c1c(CO)cccc1C3=O. The van der Waals surface area contributed by atoms with Crippen LogP contribution < -0.4 is 0 Å². The summed E-state index contributed by atoms with van der Waals surface area (Å²) < 4.78 is 17.3. The Morgan fingerprint density at radius 2 is 1.79 bits per heavy atom. The van der Waals surface area contributed by atoms with E-state index >= 15 is 0 Å². The van der Waals surface area contributed by atoms with Gasteiger partial charge >= 0.3 is 0 Å². The first-order valence-corrected chi connectivity index (χ1v) is 13.1. The number of methoxy groups -OCH3 is 1. The first-order chi connectivity index (χ1) is 18.5. The summed E-state index contributed by atoms with van der Waals surface area (Å²) in [5, 5.41) is 54.7. The smallest absolute Gasteiger partial charge is 0.198 e. The van der Waals surface area contributed by atoms with E-state index in [4.69, 9.17) is 14.2 Å². The van der Waals surface area contributed by atoms with Crippen molar-refractivity contribution < 1.29 is 49.3 Å². The molecule has 3 aliphatic rings. The number of phenols is 2. The maximum Gasteiger partial charge on any atom is 0.198 e. The van der Waals surface area contributed by atoms with Gasteiger partial charge in [0, 0.05) is 55.2 Å². The van der Waals surface area contributed by atoms with E-state index < -0.39 is 59.9 Å². The van der Waals surface area contributed by atoms with Gasteiger partial charge in [0.15, 0.2) is 17.9 Å². The molecule has 1 fully saturated rings. The minimum atomic E-state index is -1.42. The summed E-state index contributed by atoms with van der Waals surface area (Å²) in [6.45, 7) is 3.31. The fourth-order valence-electron chi connectivity index (χ4n) is 6.21. The quantitative estimate of drug-likeness (QED) is 0.292. The fourth-order valence-corrected chi connectivity index (χ4v) is 6.21. The number of phenolic OH excluding ortho intramolecular Hbond substituents is 2. The molecule has 1 heterocycles. The van der Waals surface area contributed by atoms with E-state index in [1.54, 1.807) is 6.92 Å². The molecule has 1 aliphatic heterocycles. The lowest BCUT2D eigenvalue weighted by Crippen LogP contribution is -2.45. The molecule has 5 N–H and O–H groups in total. The van der Waals surface area contributed by atoms with E-state index in [-0.39, 0.29) is 70.7 Å². The molecule has 5 rings (SSSR count). The predicted molar refractivity (Wildman–Crippen MR) is 137 cm³/mol. The molecular formula is C29H34O10. The van der Waals surface area contributed by atoms with E-state index in [9.17, 15) is 35.1 Å². The van der Waals surface area contributed by atoms with Crippen molar-refractivity contribution >= 4 is 11.6 Å². The second-order valence-corrected chi connectivity index (χ2v) is 10.9. The van der Waals surface area contributed by atoms with Crippen molar-refractivity contribution in [2.45, 2.75) is 76.3 Å². The zero-order valence-corrected chi connectivity index (χ0v) is 22.1. The third-order valence-electron chi connectivity index (χ3n) is 8.31. The second kappa shape index (κ2) is 10.3. The molecule has 0 aromatic heterocycles. The van der Waals surface area contributed by atoms with Crippen LogP contribution in [-0.4, -0.2) is 74.9 Å². The highest BCUT2D eigenvalue weighted by Crippen LogP contribution is 2.52. The molecule has 0 radical (unpaired) electrons. The lowest BCUT2D eigenvalue weighted by Gasteiger charge is -2.43. The van der Waals surface area contributed by atoms with Crippen LogP contribution >= 0.6 is 0 Å². The highest BCUT2D eigenvalue weighted by Gasteiger charge is 2.47. The van der Waals surface area contributed by atoms with Gasteiger partial charge < -0.3 is 39.7 Å². The lowest BCUT2D eigenvalue weighted by atomic mass is 9.72. The van der Waals surface area contributed by atoms with Gasteiger partial charge in [0.25, 0.3) is 0 Å². The van der Waals surface area contributed by atoms with Crippen molar-refractivity contribution in [3.8, 4) is 11.5 Å². The van der Waals surface area contributed by atoms with Crippen molar-refractivity contribution in [2.24, 2.45) is 5.92 Å². The predicted octanol–water partition coefficient (Wildman–Crippen LogP) is 2.27. The number of aliphatic hydroxyl groups excluding tert-OH is 2. The topological polar surface area (TPSA) is 163 Å². The highest BCUT2D eigenvalue weighted by atomic mass is 16.7. The van der Waals surface area contributed by atoms with Gasteiger partial charge in [0.1, 0.15) is 11.5 Å². The Hall–Kier alpha value is -2.86. The van der Waals surface area contributed by atoms with Crippen LogP contribution in [0.3, 0.4) is 0 Å². The van der Waals surface area contributed by atoms with Crippen molar-refractivity contribution in [3.63, 3.8) is 0 Å². The van der Waals surface area contributed by atoms with Crippen molar-refractivity contribution in [2.75, 3.05) is 13.7 Å². The zero-order valence-electron chi connectivity index (χ0n) is 22.1. The van der Waals surface area contributed by atoms with Crippen LogP contribution in [0, 0.1) is 5.92 Å². The maximum absolute atomic E-state index is 13.7. The Balaban J connectivity index is 1.65. The molecule has 2 aliphatic carbocycles. The first-order valence-electron chi connectivity index (χ1n) is 13.1. The molecule has 1 unspecified atom stereocenters. The van der Waals surface area contributed by atoms with Gasteiger partial charge in [-0.25, -0.2) is 0 Å². The molecule has 10 nitrogen and oxygen atoms in total. The number of rotatable bonds is 6. The number of aromatic hydroxyl groups is 2. The maximum atomic E-state index is 13.7. The summed E-state index contributed by atoms with van der Waals surface area (Å²) in [6, 6.07) is 4.49. The lowest BCUT2D eigenvalue weighted by molar-refractivity contribution is -0.256. The molecule has 210 valence electrons. The molecule has 0 bridgehead atoms. The van der Waals surface area contributed by atoms with E-state index in [2.05, 4.69) is 0 Å². The molecule has 1 saturated heterocycles. The van der Waals surface area contributed by atoms with Crippen molar-refractivity contribution in [3.05, 3.63) is 57.1 Å². The molecule has 0 spiro atoms. The number of hydrogen-bond donors (Lipinski definition) is 5. The van der Waals surface area contributed by atoms with Gasteiger partial charge in [-0.1, -0.05) is 25.1 Å². The molecule has 2 aromatic carbocycles. The Morgan fingerprint density at radius 3 is 2.46 bits per heavy atom. The van der Waals surface area contributed by atoms with Crippen molar-refractivity contribution in [1.29, 1.82) is 0 Å². The number of aliphatic hydroxyl groups is 3. The van der Waals surface area contributed by atoms with Gasteiger partial charge in [-0.3, -0.25) is 9.59 Å². The highest BCUT2D eigenvalue weighted by molar-refractivity contribution is 6.31. The third kappa shape index (κ3) is 4.55. The van der Waals surface area contributed by atoms with Gasteiger partial charge in [0.05, 0.1) is 41.6 Å². The van der Waals surface area contributed by atoms with Crippen LogP contribution in [0.15, 0.2) is 18.2 Å². The van der Waals surface area contributed by atoms with Gasteiger partial charge in [0.2, 0.25) is 0 Å². The van der Waals surface area contributed by atoms with E-state index in [0.29, 0.717) is 6.42 Å². The summed E-state index contributed by atoms with van der Waals surface area (Å²) in [7, 11) is 1.50. The molecule has 6 atom stereocenters. The average molecular weight is 543 g/mol. The normalized spacial score (nSPS) is 30.1. The molecule has 10 heteroatoms. The fraction of sp³-hybridized carbons (Fsp3) is 0.517. The minimum absolute atomic E-state index is 0.000929. The largest absolute Gasteiger partial charge is 0.507 e. The van der Waals surface area contributed by atoms with Crippen LogP contribution in [0.25, 0.3) is 0 Å². The number of hydrogen-bond acceptors (Lipinski definition) is 10. The molecular weight excluding hydrogens is 508 g/mol. The van der Waals surface area contributed by atoms with E-state index in [1.165, 1.54) is 25.3 Å². The monoisotopic (exact) mass is 542 g/mol. The summed E-state index contributed by atoms with van der Waals surface area (Å²) in [5.74, 6) is -2.51. The average Bonchev–Trinajstić information content (AvgIpc) is 2.90. The third-order valence-corrected chi connectivity index (χ3v) is 8.31. The number of ether oxygens (including phenoxy) is 3. The number of benzene rings is 2. The first kappa shape index (κ1) is 27.7. The summed E-state index contributed by atoms with van der Waals surface area (Å²) in [4.78, 5) is 27.2. The summed E-state index contributed by atoms with van der Waals surface area (Å²) in [5.41, 5.74) is -1.67. The standard InChI is InChI=1S/C29H34O10/c1-13-9-19(38-14(2)24(13)31)39-18-11-29(36,7-8-37-3)10-17-21(18)28(35)23-22(26(17)33)25(32)16-6-4-5-15(12-30)20(16)27(23)34/h4-6,13-14,18-19,24,30-31,33,35-36H,7-12H2,1-3H3/t13-,14?,18-,19-,24+,29-/m0/s1. The summed E-state index contributed by atoms with van der Waals surface area (Å²) in [6.07, 6.45) is -2.59. The summed E-state index contributed by atoms with van der Waals surface area (Å²) >= 11 is 0. The van der Waals surface area contributed by atoms with Crippen LogP contribution in [0.2, 0.25) is 0 Å². The Kier molecular flexibility index (Phi) is 7.30.